The number of fused-ring (bicyclic) bond motifs is 1. The molecular weight excluding hydrogens is 332 g/mol. The number of benzene rings is 1. The molecule has 0 radical (unpaired) electrons. The van der Waals surface area contributed by atoms with Gasteiger partial charge in [0, 0.05) is 11.8 Å². The van der Waals surface area contributed by atoms with Crippen molar-refractivity contribution < 1.29 is 23.9 Å². The molecule has 1 aromatic carbocycles. The summed E-state index contributed by atoms with van der Waals surface area (Å²) in [6, 6.07) is 5.06. The summed E-state index contributed by atoms with van der Waals surface area (Å²) in [5, 5.41) is 2.02. The summed E-state index contributed by atoms with van der Waals surface area (Å²) < 4.78 is 10.9. The van der Waals surface area contributed by atoms with Gasteiger partial charge in [0.15, 0.2) is 11.5 Å². The molecule has 0 aromatic heterocycles. The molecule has 0 saturated carbocycles. The average Bonchev–Trinajstić information content (AvgIpc) is 2.57. The minimum atomic E-state index is -0.431. The molecule has 3 amide bonds. The van der Waals surface area contributed by atoms with Crippen molar-refractivity contribution in [3.8, 4) is 11.5 Å². The van der Waals surface area contributed by atoms with Crippen molar-refractivity contribution in [1.29, 1.82) is 0 Å². The number of rotatable bonds is 3. The zero-order chi connectivity index (χ0) is 17.3. The molecule has 1 N–H and O–H groups in total. The molecule has 1 fully saturated rings. The first-order chi connectivity index (χ1) is 11.5. The summed E-state index contributed by atoms with van der Waals surface area (Å²) in [4.78, 5) is 37.5. The predicted molar refractivity (Wildman–Crippen MR) is 89.3 cm³/mol. The van der Waals surface area contributed by atoms with Crippen molar-refractivity contribution in [3.05, 3.63) is 18.2 Å². The van der Waals surface area contributed by atoms with E-state index in [1.54, 1.807) is 32.0 Å². The normalized spacial score (nSPS) is 23.2. The van der Waals surface area contributed by atoms with Crippen LogP contribution >= 0.6 is 11.8 Å². The second-order valence-corrected chi connectivity index (χ2v) is 7.28. The zero-order valence-electron chi connectivity index (χ0n) is 13.4. The summed E-state index contributed by atoms with van der Waals surface area (Å²) >= 11 is 1.30. The monoisotopic (exact) mass is 350 g/mol. The van der Waals surface area contributed by atoms with E-state index in [9.17, 15) is 14.4 Å². The molecule has 2 atom stereocenters. The van der Waals surface area contributed by atoms with Gasteiger partial charge in [0.05, 0.1) is 10.5 Å². The number of nitrogens with one attached hydrogen (secondary N) is 1. The van der Waals surface area contributed by atoms with Crippen LogP contribution < -0.4 is 14.8 Å². The third-order valence-electron chi connectivity index (χ3n) is 3.76. The van der Waals surface area contributed by atoms with Crippen molar-refractivity contribution in [3.63, 3.8) is 0 Å². The van der Waals surface area contributed by atoms with Crippen LogP contribution in [0.3, 0.4) is 0 Å². The van der Waals surface area contributed by atoms with Gasteiger partial charge in [0.1, 0.15) is 19.8 Å². The summed E-state index contributed by atoms with van der Waals surface area (Å²) in [6.45, 7) is 4.13. The predicted octanol–water partition coefficient (Wildman–Crippen LogP) is 1.28. The van der Waals surface area contributed by atoms with Crippen LogP contribution in [0, 0.1) is 0 Å². The Labute approximate surface area is 143 Å². The quantitative estimate of drug-likeness (QED) is 0.827. The van der Waals surface area contributed by atoms with E-state index < -0.39 is 5.91 Å². The SMILES string of the molecule is C[C@H]1S[C@H](C)C(=O)N(CC(=O)Nc2ccc3c(c2)OCCO3)C1=O. The van der Waals surface area contributed by atoms with E-state index in [2.05, 4.69) is 5.32 Å². The molecule has 0 spiro atoms. The number of carbonyl (C=O) groups is 3. The summed E-state index contributed by atoms with van der Waals surface area (Å²) in [7, 11) is 0. The maximum Gasteiger partial charge on any atom is 0.244 e. The van der Waals surface area contributed by atoms with Crippen molar-refractivity contribution in [1.82, 2.24) is 4.90 Å². The molecule has 3 rings (SSSR count). The molecule has 24 heavy (non-hydrogen) atoms. The molecule has 0 bridgehead atoms. The second kappa shape index (κ2) is 6.72. The van der Waals surface area contributed by atoms with Gasteiger partial charge in [-0.2, -0.15) is 0 Å². The lowest BCUT2D eigenvalue weighted by atomic mass is 10.2. The lowest BCUT2D eigenvalue weighted by Crippen LogP contribution is -2.52. The Balaban J connectivity index is 1.67. The number of imide groups is 1. The lowest BCUT2D eigenvalue weighted by Gasteiger charge is -2.31. The first-order valence-corrected chi connectivity index (χ1v) is 8.60. The largest absolute Gasteiger partial charge is 0.486 e. The molecule has 2 heterocycles. The average molecular weight is 350 g/mol. The van der Waals surface area contributed by atoms with Crippen LogP contribution in [0.2, 0.25) is 0 Å². The van der Waals surface area contributed by atoms with Crippen LogP contribution in [0.1, 0.15) is 13.8 Å². The van der Waals surface area contributed by atoms with E-state index in [-0.39, 0.29) is 28.9 Å². The second-order valence-electron chi connectivity index (χ2n) is 5.59. The molecule has 1 saturated heterocycles. The highest BCUT2D eigenvalue weighted by molar-refractivity contribution is 8.02. The molecule has 2 aliphatic heterocycles. The van der Waals surface area contributed by atoms with E-state index in [1.165, 1.54) is 11.8 Å². The summed E-state index contributed by atoms with van der Waals surface area (Å²) in [5.41, 5.74) is 0.525. The van der Waals surface area contributed by atoms with Gasteiger partial charge < -0.3 is 14.8 Å². The smallest absolute Gasteiger partial charge is 0.244 e. The maximum absolute atomic E-state index is 12.2. The highest BCUT2D eigenvalue weighted by Gasteiger charge is 2.38. The Morgan fingerprint density at radius 2 is 1.79 bits per heavy atom. The number of hydrogen-bond donors (Lipinski definition) is 1. The van der Waals surface area contributed by atoms with Crippen molar-refractivity contribution in [2.24, 2.45) is 0 Å². The Morgan fingerprint density at radius 3 is 2.46 bits per heavy atom. The number of thioether (sulfide) groups is 1. The van der Waals surface area contributed by atoms with Crippen LogP contribution in [0.5, 0.6) is 11.5 Å². The Bertz CT molecular complexity index is 673. The highest BCUT2D eigenvalue weighted by Crippen LogP contribution is 2.32. The number of hydrogen-bond acceptors (Lipinski definition) is 6. The van der Waals surface area contributed by atoms with Gasteiger partial charge in [-0.3, -0.25) is 19.3 Å². The molecular formula is C16H18N2O5S. The minimum absolute atomic E-state index is 0.290. The molecule has 8 heteroatoms. The van der Waals surface area contributed by atoms with Gasteiger partial charge in [-0.25, -0.2) is 0 Å². The topological polar surface area (TPSA) is 84.9 Å². The molecule has 128 valence electrons. The number of amides is 3. The lowest BCUT2D eigenvalue weighted by molar-refractivity contribution is -0.147. The molecule has 7 nitrogen and oxygen atoms in total. The zero-order valence-corrected chi connectivity index (χ0v) is 14.2. The van der Waals surface area contributed by atoms with E-state index in [0.29, 0.717) is 30.4 Å². The summed E-state index contributed by atoms with van der Waals surface area (Å²) in [6.07, 6.45) is 0. The van der Waals surface area contributed by atoms with Crippen LogP contribution in [0.15, 0.2) is 18.2 Å². The Kier molecular flexibility index (Phi) is 4.66. The molecule has 0 aliphatic carbocycles. The fourth-order valence-electron chi connectivity index (χ4n) is 2.59. The van der Waals surface area contributed by atoms with Gasteiger partial charge in [0.25, 0.3) is 0 Å². The van der Waals surface area contributed by atoms with Crippen LogP contribution in [-0.2, 0) is 14.4 Å². The Hall–Kier alpha value is -2.22. The third-order valence-corrected chi connectivity index (χ3v) is 4.98. The van der Waals surface area contributed by atoms with E-state index in [4.69, 9.17) is 9.47 Å². The van der Waals surface area contributed by atoms with Gasteiger partial charge in [-0.05, 0) is 26.0 Å². The van der Waals surface area contributed by atoms with Crippen molar-refractivity contribution in [2.45, 2.75) is 24.3 Å². The summed E-state index contributed by atoms with van der Waals surface area (Å²) in [5.74, 6) is 0.0867. The third kappa shape index (κ3) is 3.33. The van der Waals surface area contributed by atoms with Gasteiger partial charge in [-0.1, -0.05) is 0 Å². The molecule has 0 unspecified atom stereocenters. The van der Waals surface area contributed by atoms with Crippen LogP contribution in [0.25, 0.3) is 0 Å². The fourth-order valence-corrected chi connectivity index (χ4v) is 3.69. The van der Waals surface area contributed by atoms with Gasteiger partial charge >= 0.3 is 0 Å². The molecule has 2 aliphatic rings. The van der Waals surface area contributed by atoms with Crippen LogP contribution in [0.4, 0.5) is 5.69 Å². The first-order valence-electron chi connectivity index (χ1n) is 7.66. The van der Waals surface area contributed by atoms with E-state index in [1.807, 2.05) is 0 Å². The maximum atomic E-state index is 12.2. The standard InChI is InChI=1S/C16H18N2O5S/c1-9-15(20)18(16(21)10(2)24-9)8-14(19)17-11-3-4-12-13(7-11)23-6-5-22-12/h3-4,7,9-10H,5-6,8H2,1-2H3,(H,17,19)/t9-,10-/m1/s1. The highest BCUT2D eigenvalue weighted by atomic mass is 32.2. The first kappa shape index (κ1) is 16.6. The number of anilines is 1. The minimum Gasteiger partial charge on any atom is -0.486 e. The van der Waals surface area contributed by atoms with E-state index >= 15 is 0 Å². The van der Waals surface area contributed by atoms with Crippen LogP contribution in [-0.4, -0.2) is 52.9 Å². The molecule has 1 aromatic rings. The van der Waals surface area contributed by atoms with Crippen molar-refractivity contribution in [2.75, 3.05) is 25.1 Å². The Morgan fingerprint density at radius 1 is 1.17 bits per heavy atom. The number of ether oxygens (including phenoxy) is 2. The van der Waals surface area contributed by atoms with Gasteiger partial charge in [0.2, 0.25) is 17.7 Å². The number of carbonyl (C=O) groups excluding carboxylic acids is 3. The van der Waals surface area contributed by atoms with E-state index in [0.717, 1.165) is 4.90 Å². The number of nitrogens with zero attached hydrogens (tertiary/aromatic N) is 1. The fraction of sp³-hybridized carbons (Fsp3) is 0.438. The van der Waals surface area contributed by atoms with Gasteiger partial charge in [-0.15, -0.1) is 11.8 Å². The van der Waals surface area contributed by atoms with Crippen molar-refractivity contribution >= 4 is 35.2 Å².